The quantitative estimate of drug-likeness (QED) is 0.241. The van der Waals surface area contributed by atoms with Crippen LogP contribution in [0.2, 0.25) is 0 Å². The molecule has 0 amide bonds. The normalized spacial score (nSPS) is 13.7. The molecule has 21 heavy (non-hydrogen) atoms. The van der Waals surface area contributed by atoms with Crippen molar-refractivity contribution in [2.75, 3.05) is 19.8 Å². The molecule has 0 rings (SSSR count). The minimum absolute atomic E-state index is 0.00686. The second-order valence-electron chi connectivity index (χ2n) is 4.82. The molecule has 0 heterocycles. The van der Waals surface area contributed by atoms with Gasteiger partial charge in [0.2, 0.25) is 0 Å². The third kappa shape index (κ3) is 12.8. The van der Waals surface area contributed by atoms with Crippen molar-refractivity contribution < 1.29 is 28.0 Å². The van der Waals surface area contributed by atoms with Gasteiger partial charge in [0.25, 0.3) is 0 Å². The van der Waals surface area contributed by atoms with E-state index in [2.05, 4.69) is 13.5 Å². The van der Waals surface area contributed by atoms with Gasteiger partial charge in [-0.1, -0.05) is 39.2 Å². The summed E-state index contributed by atoms with van der Waals surface area (Å²) in [4.78, 5) is 20.5. The van der Waals surface area contributed by atoms with Gasteiger partial charge in [-0.2, -0.15) is 0 Å². The summed E-state index contributed by atoms with van der Waals surface area (Å²) in [6, 6.07) is 0. The fraction of sp³-hybridized carbons (Fsp3) is 0.786. The van der Waals surface area contributed by atoms with E-state index in [1.807, 2.05) is 0 Å². The van der Waals surface area contributed by atoms with Crippen molar-refractivity contribution in [2.24, 2.45) is 0 Å². The number of esters is 1. The van der Waals surface area contributed by atoms with Crippen molar-refractivity contribution in [1.82, 2.24) is 0 Å². The summed E-state index contributed by atoms with van der Waals surface area (Å²) in [6.45, 7) is 7.44. The first kappa shape index (κ1) is 20.3. The Morgan fingerprint density at radius 1 is 1.05 bits per heavy atom. The molecule has 1 atom stereocenters. The minimum Gasteiger partial charge on any atom is -0.462 e. The van der Waals surface area contributed by atoms with E-state index in [0.29, 0.717) is 12.0 Å². The standard InChI is InChI=1S/C14H27O6P/c1-4-5-6-7-8-11-19-21(16,17)20-12-9-10-18-14(15)13(2)3/h2,4-12H2,1,3H3,(H,16,17). The second kappa shape index (κ2) is 11.9. The number of ether oxygens (including phenoxy) is 1. The SMILES string of the molecule is C=C(C)C(=O)OCCCOP(=O)(O)OCCCCCCC. The summed E-state index contributed by atoms with van der Waals surface area (Å²) in [7, 11) is -3.99. The van der Waals surface area contributed by atoms with Crippen LogP contribution in [-0.4, -0.2) is 30.7 Å². The zero-order chi connectivity index (χ0) is 16.1. The monoisotopic (exact) mass is 322 g/mol. The van der Waals surface area contributed by atoms with Crippen molar-refractivity contribution >= 4 is 13.8 Å². The van der Waals surface area contributed by atoms with Crippen molar-refractivity contribution in [2.45, 2.75) is 52.4 Å². The largest absolute Gasteiger partial charge is 0.472 e. The molecule has 0 radical (unpaired) electrons. The van der Waals surface area contributed by atoms with Crippen LogP contribution < -0.4 is 0 Å². The maximum atomic E-state index is 11.5. The molecule has 124 valence electrons. The zero-order valence-electron chi connectivity index (χ0n) is 13.0. The first-order valence-electron chi connectivity index (χ1n) is 7.33. The molecule has 0 aromatic heterocycles. The highest BCUT2D eigenvalue weighted by molar-refractivity contribution is 7.47. The van der Waals surface area contributed by atoms with Gasteiger partial charge in [0.05, 0.1) is 19.8 Å². The smallest absolute Gasteiger partial charge is 0.462 e. The Balaban J connectivity index is 3.57. The Labute approximate surface area is 127 Å². The lowest BCUT2D eigenvalue weighted by Gasteiger charge is -2.12. The fourth-order valence-corrected chi connectivity index (χ4v) is 2.24. The lowest BCUT2D eigenvalue weighted by atomic mass is 10.2. The second-order valence-corrected chi connectivity index (χ2v) is 6.27. The molecular formula is C14H27O6P. The number of unbranched alkanes of at least 4 members (excludes halogenated alkanes) is 4. The van der Waals surface area contributed by atoms with E-state index in [1.165, 1.54) is 0 Å². The average Bonchev–Trinajstić information content (AvgIpc) is 2.41. The molecule has 0 aliphatic rings. The van der Waals surface area contributed by atoms with Crippen LogP contribution in [0.25, 0.3) is 0 Å². The topological polar surface area (TPSA) is 82.1 Å². The van der Waals surface area contributed by atoms with Gasteiger partial charge in [-0.3, -0.25) is 9.05 Å². The Hall–Kier alpha value is -0.680. The van der Waals surface area contributed by atoms with Crippen molar-refractivity contribution in [3.05, 3.63) is 12.2 Å². The zero-order valence-corrected chi connectivity index (χ0v) is 13.9. The lowest BCUT2D eigenvalue weighted by Crippen LogP contribution is -2.08. The molecule has 1 N–H and O–H groups in total. The summed E-state index contributed by atoms with van der Waals surface area (Å²) in [5.74, 6) is -0.481. The fourth-order valence-electron chi connectivity index (χ4n) is 1.45. The molecule has 7 heteroatoms. The van der Waals surface area contributed by atoms with Crippen LogP contribution in [0.3, 0.4) is 0 Å². The van der Waals surface area contributed by atoms with Gasteiger partial charge in [-0.15, -0.1) is 0 Å². The number of carbonyl (C=O) groups is 1. The molecule has 0 fully saturated rings. The lowest BCUT2D eigenvalue weighted by molar-refractivity contribution is -0.139. The van der Waals surface area contributed by atoms with Gasteiger partial charge in [-0.25, -0.2) is 9.36 Å². The summed E-state index contributed by atoms with van der Waals surface area (Å²) in [6.07, 6.45) is 5.46. The van der Waals surface area contributed by atoms with Crippen LogP contribution in [-0.2, 0) is 23.1 Å². The maximum Gasteiger partial charge on any atom is 0.472 e. The first-order chi connectivity index (χ1) is 9.89. The van der Waals surface area contributed by atoms with Crippen molar-refractivity contribution in [3.8, 4) is 0 Å². The highest BCUT2D eigenvalue weighted by atomic mass is 31.2. The van der Waals surface area contributed by atoms with Crippen LogP contribution in [0.1, 0.15) is 52.4 Å². The predicted octanol–water partition coefficient (Wildman–Crippen LogP) is 3.60. The van der Waals surface area contributed by atoms with E-state index in [9.17, 15) is 14.3 Å². The predicted molar refractivity (Wildman–Crippen MR) is 80.9 cm³/mol. The van der Waals surface area contributed by atoms with Crippen molar-refractivity contribution in [3.63, 3.8) is 0 Å². The van der Waals surface area contributed by atoms with E-state index < -0.39 is 13.8 Å². The highest BCUT2D eigenvalue weighted by Crippen LogP contribution is 2.43. The molecule has 0 saturated carbocycles. The first-order valence-corrected chi connectivity index (χ1v) is 8.83. The molecule has 0 aliphatic carbocycles. The Kier molecular flexibility index (Phi) is 11.5. The number of carbonyl (C=O) groups excluding carboxylic acids is 1. The number of phosphoric ester groups is 1. The maximum absolute atomic E-state index is 11.5. The number of hydrogen-bond acceptors (Lipinski definition) is 5. The minimum atomic E-state index is -3.99. The van der Waals surface area contributed by atoms with E-state index in [1.54, 1.807) is 6.92 Å². The summed E-state index contributed by atoms with van der Waals surface area (Å²) >= 11 is 0. The number of phosphoric acid groups is 1. The van der Waals surface area contributed by atoms with Crippen LogP contribution in [0.15, 0.2) is 12.2 Å². The van der Waals surface area contributed by atoms with Gasteiger partial charge in [0, 0.05) is 12.0 Å². The van der Waals surface area contributed by atoms with Gasteiger partial charge < -0.3 is 9.63 Å². The molecular weight excluding hydrogens is 295 g/mol. The molecule has 0 aliphatic heterocycles. The number of rotatable bonds is 13. The van der Waals surface area contributed by atoms with Gasteiger partial charge >= 0.3 is 13.8 Å². The number of hydrogen-bond donors (Lipinski definition) is 1. The van der Waals surface area contributed by atoms with E-state index in [4.69, 9.17) is 13.8 Å². The third-order valence-electron chi connectivity index (χ3n) is 2.63. The molecule has 0 saturated heterocycles. The summed E-state index contributed by atoms with van der Waals surface area (Å²) in [5, 5.41) is 0. The van der Waals surface area contributed by atoms with Crippen LogP contribution in [0.5, 0.6) is 0 Å². The van der Waals surface area contributed by atoms with Gasteiger partial charge in [0.1, 0.15) is 0 Å². The Morgan fingerprint density at radius 2 is 1.62 bits per heavy atom. The van der Waals surface area contributed by atoms with E-state index >= 15 is 0 Å². The van der Waals surface area contributed by atoms with E-state index in [0.717, 1.165) is 32.1 Å². The molecule has 0 aromatic carbocycles. The average molecular weight is 322 g/mol. The third-order valence-corrected chi connectivity index (χ3v) is 3.64. The van der Waals surface area contributed by atoms with Crippen LogP contribution in [0.4, 0.5) is 0 Å². The van der Waals surface area contributed by atoms with Crippen LogP contribution >= 0.6 is 7.82 Å². The molecule has 0 spiro atoms. The Bertz CT molecular complexity index is 355. The molecule has 0 bridgehead atoms. The summed E-state index contributed by atoms with van der Waals surface area (Å²) in [5.41, 5.74) is 0.315. The van der Waals surface area contributed by atoms with Crippen LogP contribution in [0, 0.1) is 0 Å². The van der Waals surface area contributed by atoms with Crippen molar-refractivity contribution in [1.29, 1.82) is 0 Å². The molecule has 0 aromatic rings. The molecule has 1 unspecified atom stereocenters. The highest BCUT2D eigenvalue weighted by Gasteiger charge is 2.20. The molecule has 6 nitrogen and oxygen atoms in total. The van der Waals surface area contributed by atoms with E-state index in [-0.39, 0.29) is 19.8 Å². The van der Waals surface area contributed by atoms with Gasteiger partial charge in [0.15, 0.2) is 0 Å². The summed E-state index contributed by atoms with van der Waals surface area (Å²) < 4.78 is 25.9. The Morgan fingerprint density at radius 3 is 2.19 bits per heavy atom. The van der Waals surface area contributed by atoms with Gasteiger partial charge in [-0.05, 0) is 13.3 Å².